The first-order valence-corrected chi connectivity index (χ1v) is 8.89. The summed E-state index contributed by atoms with van der Waals surface area (Å²) in [6.45, 7) is -0.224. The van der Waals surface area contributed by atoms with E-state index >= 15 is 0 Å². The quantitative estimate of drug-likeness (QED) is 0.773. The summed E-state index contributed by atoms with van der Waals surface area (Å²) in [5, 5.41) is 2.57. The van der Waals surface area contributed by atoms with Gasteiger partial charge in [0.2, 0.25) is 5.91 Å². The number of carbonyl (C=O) groups excluding carboxylic acids is 4. The minimum atomic E-state index is -0.612. The van der Waals surface area contributed by atoms with E-state index in [0.29, 0.717) is 5.69 Å². The number of hydrogen-bond acceptors (Lipinski definition) is 5. The average molecular weight is 397 g/mol. The monoisotopic (exact) mass is 397 g/mol. The number of cyclic esters (lactones) is 1. The summed E-state index contributed by atoms with van der Waals surface area (Å²) in [5.74, 6) is -2.00. The molecule has 2 aromatic carbocycles. The molecule has 29 heavy (non-hydrogen) atoms. The number of nitrogens with one attached hydrogen (secondary N) is 1. The zero-order valence-corrected chi connectivity index (χ0v) is 15.1. The summed E-state index contributed by atoms with van der Waals surface area (Å²) in [4.78, 5) is 51.0. The molecule has 0 bridgehead atoms. The number of fused-ring (bicyclic) bond motifs is 1. The van der Waals surface area contributed by atoms with Crippen molar-refractivity contribution in [2.75, 3.05) is 24.5 Å². The molecular weight excluding hydrogens is 381 g/mol. The summed E-state index contributed by atoms with van der Waals surface area (Å²) < 4.78 is 18.2. The number of carbonyl (C=O) groups is 4. The Kier molecular flexibility index (Phi) is 4.71. The minimum Gasteiger partial charge on any atom is -0.442 e. The predicted octanol–water partition coefficient (Wildman–Crippen LogP) is 1.56. The lowest BCUT2D eigenvalue weighted by Crippen LogP contribution is -2.43. The molecule has 4 rings (SSSR count). The highest BCUT2D eigenvalue weighted by Crippen LogP contribution is 2.23. The maximum atomic E-state index is 13.0. The Bertz CT molecular complexity index is 972. The predicted molar refractivity (Wildman–Crippen MR) is 98.8 cm³/mol. The molecule has 1 unspecified atom stereocenters. The topological polar surface area (TPSA) is 96.0 Å². The molecule has 1 fully saturated rings. The standard InChI is InChI=1S/C20H16FN3O5/c21-12-5-7-13(8-6-12)23-10-14(29-20(23)28)9-22-17(25)11-24-18(26)15-3-1-2-4-16(15)19(24)27/h1-8,14H,9-11H2,(H,22,25). The molecule has 0 radical (unpaired) electrons. The Morgan fingerprint density at radius 1 is 1.03 bits per heavy atom. The number of anilines is 1. The summed E-state index contributed by atoms with van der Waals surface area (Å²) in [6, 6.07) is 11.8. The smallest absolute Gasteiger partial charge is 0.414 e. The second-order valence-corrected chi connectivity index (χ2v) is 6.64. The van der Waals surface area contributed by atoms with E-state index in [4.69, 9.17) is 4.74 Å². The SMILES string of the molecule is O=C(CN1C(=O)c2ccccc2C1=O)NCC1CN(c2ccc(F)cc2)C(=O)O1. The van der Waals surface area contributed by atoms with E-state index in [9.17, 15) is 23.6 Å². The van der Waals surface area contributed by atoms with Gasteiger partial charge in [-0.15, -0.1) is 0 Å². The van der Waals surface area contributed by atoms with Gasteiger partial charge < -0.3 is 10.1 Å². The van der Waals surface area contributed by atoms with E-state index in [1.54, 1.807) is 12.1 Å². The maximum absolute atomic E-state index is 13.0. The van der Waals surface area contributed by atoms with Crippen LogP contribution in [0.4, 0.5) is 14.9 Å². The molecule has 8 nitrogen and oxygen atoms in total. The van der Waals surface area contributed by atoms with Crippen molar-refractivity contribution in [1.29, 1.82) is 0 Å². The number of amides is 4. The van der Waals surface area contributed by atoms with Crippen LogP contribution in [0, 0.1) is 5.82 Å². The van der Waals surface area contributed by atoms with Crippen LogP contribution < -0.4 is 10.2 Å². The van der Waals surface area contributed by atoms with Gasteiger partial charge in [-0.3, -0.25) is 24.2 Å². The number of benzene rings is 2. The zero-order chi connectivity index (χ0) is 20.5. The Hall–Kier alpha value is -3.75. The van der Waals surface area contributed by atoms with Crippen LogP contribution >= 0.6 is 0 Å². The highest BCUT2D eigenvalue weighted by molar-refractivity contribution is 6.22. The molecule has 9 heteroatoms. The van der Waals surface area contributed by atoms with Crippen LogP contribution in [0.25, 0.3) is 0 Å². The minimum absolute atomic E-state index is 0.0193. The lowest BCUT2D eigenvalue weighted by Gasteiger charge is -2.15. The fourth-order valence-corrected chi connectivity index (χ4v) is 3.27. The average Bonchev–Trinajstić information content (AvgIpc) is 3.20. The molecule has 2 aromatic rings. The molecule has 0 spiro atoms. The van der Waals surface area contributed by atoms with Crippen LogP contribution in [0.15, 0.2) is 48.5 Å². The Morgan fingerprint density at radius 2 is 1.66 bits per heavy atom. The molecule has 2 aliphatic rings. The zero-order valence-electron chi connectivity index (χ0n) is 15.1. The number of rotatable bonds is 5. The number of hydrogen-bond donors (Lipinski definition) is 1. The van der Waals surface area contributed by atoms with E-state index in [1.165, 1.54) is 41.3 Å². The molecule has 0 aliphatic carbocycles. The van der Waals surface area contributed by atoms with Crippen molar-refractivity contribution in [3.8, 4) is 0 Å². The van der Waals surface area contributed by atoms with Crippen molar-refractivity contribution in [1.82, 2.24) is 10.2 Å². The number of halogens is 1. The van der Waals surface area contributed by atoms with E-state index < -0.39 is 42.3 Å². The number of ether oxygens (including phenoxy) is 1. The van der Waals surface area contributed by atoms with E-state index in [0.717, 1.165) is 4.90 Å². The van der Waals surface area contributed by atoms with Gasteiger partial charge in [-0.05, 0) is 36.4 Å². The van der Waals surface area contributed by atoms with Crippen LogP contribution in [-0.4, -0.2) is 54.5 Å². The van der Waals surface area contributed by atoms with Gasteiger partial charge in [-0.25, -0.2) is 9.18 Å². The third kappa shape index (κ3) is 3.54. The summed E-state index contributed by atoms with van der Waals surface area (Å²) in [7, 11) is 0. The highest BCUT2D eigenvalue weighted by Gasteiger charge is 2.37. The molecule has 1 N–H and O–H groups in total. The highest BCUT2D eigenvalue weighted by atomic mass is 19.1. The fraction of sp³-hybridized carbons (Fsp3) is 0.200. The first kappa shape index (κ1) is 18.6. The van der Waals surface area contributed by atoms with Crippen LogP contribution in [0.3, 0.4) is 0 Å². The maximum Gasteiger partial charge on any atom is 0.414 e. The molecule has 0 saturated carbocycles. The van der Waals surface area contributed by atoms with Gasteiger partial charge in [0, 0.05) is 5.69 Å². The van der Waals surface area contributed by atoms with Crippen molar-refractivity contribution in [2.45, 2.75) is 6.10 Å². The van der Waals surface area contributed by atoms with Crippen LogP contribution in [0.2, 0.25) is 0 Å². The van der Waals surface area contributed by atoms with E-state index in [-0.39, 0.29) is 24.2 Å². The van der Waals surface area contributed by atoms with Crippen LogP contribution in [0.5, 0.6) is 0 Å². The van der Waals surface area contributed by atoms with Gasteiger partial charge in [0.15, 0.2) is 0 Å². The van der Waals surface area contributed by atoms with Crippen molar-refractivity contribution < 1.29 is 28.3 Å². The van der Waals surface area contributed by atoms with Gasteiger partial charge >= 0.3 is 6.09 Å². The molecule has 2 heterocycles. The molecule has 1 saturated heterocycles. The van der Waals surface area contributed by atoms with E-state index in [2.05, 4.69) is 5.32 Å². The second-order valence-electron chi connectivity index (χ2n) is 6.64. The third-order valence-electron chi connectivity index (χ3n) is 4.72. The number of nitrogens with zero attached hydrogens (tertiary/aromatic N) is 2. The number of imide groups is 1. The lowest BCUT2D eigenvalue weighted by molar-refractivity contribution is -0.121. The molecule has 1 atom stereocenters. The first-order valence-electron chi connectivity index (χ1n) is 8.89. The lowest BCUT2D eigenvalue weighted by atomic mass is 10.1. The molecular formula is C20H16FN3O5. The van der Waals surface area contributed by atoms with Gasteiger partial charge in [0.25, 0.3) is 11.8 Å². The van der Waals surface area contributed by atoms with Crippen molar-refractivity contribution in [2.24, 2.45) is 0 Å². The first-order chi connectivity index (χ1) is 13.9. The summed E-state index contributed by atoms with van der Waals surface area (Å²) in [5.41, 5.74) is 1.02. The van der Waals surface area contributed by atoms with Crippen LogP contribution in [-0.2, 0) is 9.53 Å². The Labute approximate surface area is 164 Å². The van der Waals surface area contributed by atoms with Crippen molar-refractivity contribution in [3.63, 3.8) is 0 Å². The fourth-order valence-electron chi connectivity index (χ4n) is 3.27. The molecule has 2 aliphatic heterocycles. The third-order valence-corrected chi connectivity index (χ3v) is 4.72. The van der Waals surface area contributed by atoms with Gasteiger partial charge in [-0.2, -0.15) is 0 Å². The Morgan fingerprint density at radius 3 is 2.28 bits per heavy atom. The van der Waals surface area contributed by atoms with Gasteiger partial charge in [-0.1, -0.05) is 12.1 Å². The van der Waals surface area contributed by atoms with Gasteiger partial charge in [0.1, 0.15) is 18.5 Å². The van der Waals surface area contributed by atoms with Crippen molar-refractivity contribution >= 4 is 29.5 Å². The summed E-state index contributed by atoms with van der Waals surface area (Å²) >= 11 is 0. The largest absolute Gasteiger partial charge is 0.442 e. The van der Waals surface area contributed by atoms with Gasteiger partial charge in [0.05, 0.1) is 24.2 Å². The second kappa shape index (κ2) is 7.34. The normalized spacial score (nSPS) is 18.1. The molecule has 0 aromatic heterocycles. The summed E-state index contributed by atoms with van der Waals surface area (Å²) in [6.07, 6.45) is -1.21. The molecule has 4 amide bonds. The molecule has 148 valence electrons. The van der Waals surface area contributed by atoms with Crippen LogP contribution in [0.1, 0.15) is 20.7 Å². The Balaban J connectivity index is 1.32. The van der Waals surface area contributed by atoms with Crippen molar-refractivity contribution in [3.05, 3.63) is 65.5 Å². The van der Waals surface area contributed by atoms with E-state index in [1.807, 2.05) is 0 Å².